The summed E-state index contributed by atoms with van der Waals surface area (Å²) in [6.45, 7) is 2.04. The van der Waals surface area contributed by atoms with Crippen molar-refractivity contribution < 1.29 is 37.6 Å². The van der Waals surface area contributed by atoms with E-state index in [1.165, 1.54) is 122 Å². The molecule has 332 valence electrons. The van der Waals surface area contributed by atoms with Crippen molar-refractivity contribution in [2.45, 2.75) is 193 Å². The number of nitrogens with zero attached hydrogens (tertiary/aromatic N) is 1. The van der Waals surface area contributed by atoms with E-state index in [1.807, 2.05) is 21.1 Å². The van der Waals surface area contributed by atoms with Gasteiger partial charge < -0.3 is 19.2 Å². The highest BCUT2D eigenvalue weighted by Crippen LogP contribution is 2.43. The number of allylic oxidation sites excluding steroid dienone is 10. The Labute approximate surface area is 351 Å². The smallest absolute Gasteiger partial charge is 0.463 e. The van der Waals surface area contributed by atoms with Crippen LogP contribution in [0.2, 0.25) is 0 Å². The second-order valence-corrected chi connectivity index (χ2v) is 18.1. The Morgan fingerprint density at radius 3 is 1.32 bits per heavy atom. The Morgan fingerprint density at radius 1 is 0.544 bits per heavy atom. The third-order valence-electron chi connectivity index (χ3n) is 9.79. The molecule has 0 aliphatic rings. The summed E-state index contributed by atoms with van der Waals surface area (Å²) in [5.41, 5.74) is 0. The lowest BCUT2D eigenvalue weighted by atomic mass is 10.0. The second kappa shape index (κ2) is 41.0. The van der Waals surface area contributed by atoms with Gasteiger partial charge in [-0.2, -0.15) is 0 Å². The SMILES string of the molecule is CC/C=C\C/C=C\C/C=C\C/C=C\C/C=C\CCCCCCCCCCCCCCCCCCCCCCCC(=O)OCC(O)COP(=O)(O)OCC[N+](C)(C)C. The van der Waals surface area contributed by atoms with Crippen molar-refractivity contribution in [3.05, 3.63) is 60.8 Å². The van der Waals surface area contributed by atoms with Crippen molar-refractivity contribution in [3.63, 3.8) is 0 Å². The standard InChI is InChI=1S/C48H88NO7P/c1-5-6-7-8-9-10-11-12-13-14-15-16-17-18-19-20-21-22-23-24-25-26-27-28-29-30-31-32-33-34-35-36-37-38-39-40-41-42-48(51)54-45-47(50)46-56-57(52,53)55-44-43-49(2,3)4/h6-7,9-10,12-13,15-16,18-19,47,50H,5,8,11,14,17,20-46H2,1-4H3/p+1/b7-6-,10-9-,13-12-,16-15-,19-18-. The summed E-state index contributed by atoms with van der Waals surface area (Å²) in [6.07, 6.45) is 55.7. The molecule has 0 bridgehead atoms. The fourth-order valence-electron chi connectivity index (χ4n) is 6.22. The van der Waals surface area contributed by atoms with E-state index in [0.717, 1.165) is 51.4 Å². The van der Waals surface area contributed by atoms with E-state index in [0.29, 0.717) is 17.4 Å². The average molecular weight is 823 g/mol. The topological polar surface area (TPSA) is 102 Å². The molecule has 0 aliphatic heterocycles. The first-order valence-electron chi connectivity index (χ1n) is 23.1. The van der Waals surface area contributed by atoms with Crippen LogP contribution in [0.15, 0.2) is 60.8 Å². The summed E-state index contributed by atoms with van der Waals surface area (Å²) >= 11 is 0. The lowest BCUT2D eigenvalue weighted by Gasteiger charge is -2.24. The van der Waals surface area contributed by atoms with Crippen LogP contribution in [-0.4, -0.2) is 74.1 Å². The second-order valence-electron chi connectivity index (χ2n) is 16.6. The molecule has 9 heteroatoms. The van der Waals surface area contributed by atoms with Crippen molar-refractivity contribution in [1.82, 2.24) is 0 Å². The van der Waals surface area contributed by atoms with Gasteiger partial charge in [0.25, 0.3) is 0 Å². The number of unbranched alkanes of at least 4 members (excludes halogenated alkanes) is 21. The summed E-state index contributed by atoms with van der Waals surface area (Å²) in [7, 11) is 1.56. The van der Waals surface area contributed by atoms with E-state index in [9.17, 15) is 19.4 Å². The van der Waals surface area contributed by atoms with Crippen molar-refractivity contribution in [3.8, 4) is 0 Å². The predicted molar refractivity (Wildman–Crippen MR) is 242 cm³/mol. The van der Waals surface area contributed by atoms with Crippen molar-refractivity contribution >= 4 is 13.8 Å². The molecule has 0 aromatic carbocycles. The highest BCUT2D eigenvalue weighted by molar-refractivity contribution is 7.47. The number of rotatable bonds is 42. The van der Waals surface area contributed by atoms with E-state index in [4.69, 9.17) is 13.8 Å². The maximum atomic E-state index is 12.0. The van der Waals surface area contributed by atoms with Gasteiger partial charge in [-0.1, -0.05) is 190 Å². The minimum atomic E-state index is -4.25. The Bertz CT molecular complexity index is 1090. The molecule has 0 heterocycles. The third kappa shape index (κ3) is 46.8. The fraction of sp³-hybridized carbons (Fsp3) is 0.771. The zero-order valence-electron chi connectivity index (χ0n) is 37.3. The molecule has 0 radical (unpaired) electrons. The molecule has 0 aromatic heterocycles. The molecule has 0 saturated carbocycles. The van der Waals surface area contributed by atoms with Gasteiger partial charge in [0.1, 0.15) is 25.9 Å². The number of quaternary nitrogens is 1. The van der Waals surface area contributed by atoms with E-state index >= 15 is 0 Å². The first kappa shape index (κ1) is 55.2. The number of hydrogen-bond acceptors (Lipinski definition) is 6. The lowest BCUT2D eigenvalue weighted by molar-refractivity contribution is -0.870. The molecule has 2 atom stereocenters. The minimum absolute atomic E-state index is 0.0544. The van der Waals surface area contributed by atoms with Gasteiger partial charge in [0.15, 0.2) is 0 Å². The normalized spacial score (nSPS) is 14.3. The quantitative estimate of drug-likeness (QED) is 0.0208. The number of phosphoric acid groups is 1. The summed E-state index contributed by atoms with van der Waals surface area (Å²) in [5, 5.41) is 9.92. The van der Waals surface area contributed by atoms with E-state index in [2.05, 4.69) is 67.7 Å². The zero-order valence-corrected chi connectivity index (χ0v) is 38.2. The fourth-order valence-corrected chi connectivity index (χ4v) is 6.96. The van der Waals surface area contributed by atoms with Crippen LogP contribution in [0, 0.1) is 0 Å². The van der Waals surface area contributed by atoms with E-state index in [1.54, 1.807) is 0 Å². The molecular weight excluding hydrogens is 734 g/mol. The summed E-state index contributed by atoms with van der Waals surface area (Å²) in [5.74, 6) is -0.369. The Kier molecular flexibility index (Phi) is 39.7. The Hall–Kier alpha value is -1.80. The first-order valence-corrected chi connectivity index (χ1v) is 24.6. The Balaban J connectivity index is 3.37. The predicted octanol–water partition coefficient (Wildman–Crippen LogP) is 13.5. The molecule has 0 aliphatic carbocycles. The maximum absolute atomic E-state index is 12.0. The molecule has 0 saturated heterocycles. The van der Waals surface area contributed by atoms with Gasteiger partial charge in [0.05, 0.1) is 27.7 Å². The van der Waals surface area contributed by atoms with Crippen LogP contribution in [0.5, 0.6) is 0 Å². The number of likely N-dealkylation sites (N-methyl/N-ethyl adjacent to an activating group) is 1. The molecular formula is C48H89NO7P+. The maximum Gasteiger partial charge on any atom is 0.472 e. The highest BCUT2D eigenvalue weighted by atomic mass is 31.2. The third-order valence-corrected chi connectivity index (χ3v) is 10.8. The zero-order chi connectivity index (χ0) is 42.0. The molecule has 57 heavy (non-hydrogen) atoms. The van der Waals surface area contributed by atoms with E-state index in [-0.39, 0.29) is 19.2 Å². The lowest BCUT2D eigenvalue weighted by Crippen LogP contribution is -2.37. The molecule has 0 fully saturated rings. The first-order chi connectivity index (χ1) is 27.6. The van der Waals surface area contributed by atoms with Gasteiger partial charge in [0.2, 0.25) is 0 Å². The van der Waals surface area contributed by atoms with Crippen molar-refractivity contribution in [2.75, 3.05) is 47.5 Å². The molecule has 0 rings (SSSR count). The van der Waals surface area contributed by atoms with Gasteiger partial charge >= 0.3 is 13.8 Å². The van der Waals surface area contributed by atoms with Crippen molar-refractivity contribution in [2.24, 2.45) is 0 Å². The molecule has 2 N–H and O–H groups in total. The summed E-state index contributed by atoms with van der Waals surface area (Å²) < 4.78 is 27.3. The summed E-state index contributed by atoms with van der Waals surface area (Å²) in [6, 6.07) is 0. The molecule has 0 spiro atoms. The number of hydrogen-bond donors (Lipinski definition) is 2. The number of carbonyl (C=O) groups excluding carboxylic acids is 1. The van der Waals surface area contributed by atoms with Gasteiger partial charge in [-0.15, -0.1) is 0 Å². The monoisotopic (exact) mass is 823 g/mol. The van der Waals surface area contributed by atoms with Crippen LogP contribution < -0.4 is 0 Å². The number of carbonyl (C=O) groups is 1. The van der Waals surface area contributed by atoms with Gasteiger partial charge in [-0.05, 0) is 51.4 Å². The Morgan fingerprint density at radius 2 is 0.912 bits per heavy atom. The number of aliphatic hydroxyl groups is 1. The van der Waals surface area contributed by atoms with Crippen LogP contribution in [0.25, 0.3) is 0 Å². The summed E-state index contributed by atoms with van der Waals surface area (Å²) in [4.78, 5) is 21.7. The largest absolute Gasteiger partial charge is 0.472 e. The molecule has 8 nitrogen and oxygen atoms in total. The number of aliphatic hydroxyl groups excluding tert-OH is 1. The minimum Gasteiger partial charge on any atom is -0.463 e. The number of phosphoric ester groups is 1. The van der Waals surface area contributed by atoms with Crippen LogP contribution in [-0.2, 0) is 23.1 Å². The molecule has 0 amide bonds. The molecule has 2 unspecified atom stereocenters. The van der Waals surface area contributed by atoms with Gasteiger partial charge in [-0.3, -0.25) is 13.8 Å². The van der Waals surface area contributed by atoms with Gasteiger partial charge in [0, 0.05) is 6.42 Å². The number of esters is 1. The van der Waals surface area contributed by atoms with E-state index < -0.39 is 20.5 Å². The van der Waals surface area contributed by atoms with Crippen LogP contribution in [0.4, 0.5) is 0 Å². The number of ether oxygens (including phenoxy) is 1. The highest BCUT2D eigenvalue weighted by Gasteiger charge is 2.24. The van der Waals surface area contributed by atoms with Crippen molar-refractivity contribution in [1.29, 1.82) is 0 Å². The average Bonchev–Trinajstić information content (AvgIpc) is 3.17. The van der Waals surface area contributed by atoms with Gasteiger partial charge in [-0.25, -0.2) is 4.57 Å². The molecule has 0 aromatic rings. The van der Waals surface area contributed by atoms with Crippen LogP contribution >= 0.6 is 7.82 Å². The van der Waals surface area contributed by atoms with Crippen LogP contribution in [0.3, 0.4) is 0 Å². The van der Waals surface area contributed by atoms with Crippen LogP contribution in [0.1, 0.15) is 187 Å².